The fourth-order valence-corrected chi connectivity index (χ4v) is 2.08. The van der Waals surface area contributed by atoms with Gasteiger partial charge in [-0.3, -0.25) is 4.90 Å². The van der Waals surface area contributed by atoms with Crippen LogP contribution in [0.15, 0.2) is 24.3 Å². The Labute approximate surface area is 117 Å². The van der Waals surface area contributed by atoms with E-state index in [4.69, 9.17) is 10.5 Å². The lowest BCUT2D eigenvalue weighted by Gasteiger charge is -2.33. The third-order valence-corrected chi connectivity index (χ3v) is 3.20. The van der Waals surface area contributed by atoms with Crippen molar-refractivity contribution in [1.82, 2.24) is 9.80 Å². The van der Waals surface area contributed by atoms with Gasteiger partial charge >= 0.3 is 6.03 Å². The van der Waals surface area contributed by atoms with Gasteiger partial charge in [0.15, 0.2) is 0 Å². The molecule has 0 aromatic heterocycles. The number of nitrogens with zero attached hydrogens (tertiary/aromatic N) is 4. The number of nitriles is 2. The zero-order valence-electron chi connectivity index (χ0n) is 11.0. The van der Waals surface area contributed by atoms with E-state index in [-0.39, 0.29) is 6.03 Å². The van der Waals surface area contributed by atoms with Crippen LogP contribution in [0, 0.1) is 22.7 Å². The van der Waals surface area contributed by atoms with Gasteiger partial charge in [-0.25, -0.2) is 4.79 Å². The van der Waals surface area contributed by atoms with Crippen molar-refractivity contribution in [2.45, 2.75) is 0 Å². The first-order valence-corrected chi connectivity index (χ1v) is 6.38. The van der Waals surface area contributed by atoms with Crippen LogP contribution in [0.4, 0.5) is 10.5 Å². The second kappa shape index (κ2) is 6.55. The summed E-state index contributed by atoms with van der Waals surface area (Å²) in [6, 6.07) is 10.8. The molecular formula is C14H15N5O. The van der Waals surface area contributed by atoms with Gasteiger partial charge in [0.1, 0.15) is 0 Å². The molecule has 1 aliphatic heterocycles. The Morgan fingerprint density at radius 3 is 2.65 bits per heavy atom. The molecule has 20 heavy (non-hydrogen) atoms. The van der Waals surface area contributed by atoms with Gasteiger partial charge in [0, 0.05) is 31.9 Å². The topological polar surface area (TPSA) is 83.2 Å². The Bertz CT molecular complexity index is 564. The van der Waals surface area contributed by atoms with Crippen molar-refractivity contribution in [3.8, 4) is 12.1 Å². The SMILES string of the molecule is N#CCN1CCN(C(=O)Nc2cccc(C#N)c2)CC1. The minimum atomic E-state index is -0.170. The molecule has 0 aliphatic carbocycles. The van der Waals surface area contributed by atoms with Crippen molar-refractivity contribution in [2.24, 2.45) is 0 Å². The number of hydrogen-bond donors (Lipinski definition) is 1. The lowest BCUT2D eigenvalue weighted by Crippen LogP contribution is -2.50. The number of rotatable bonds is 2. The molecule has 1 aromatic carbocycles. The summed E-state index contributed by atoms with van der Waals surface area (Å²) >= 11 is 0. The van der Waals surface area contributed by atoms with E-state index in [9.17, 15) is 4.79 Å². The number of hydrogen-bond acceptors (Lipinski definition) is 4. The number of benzene rings is 1. The van der Waals surface area contributed by atoms with Crippen molar-refractivity contribution in [3.63, 3.8) is 0 Å². The van der Waals surface area contributed by atoms with Crippen LogP contribution in [0.2, 0.25) is 0 Å². The summed E-state index contributed by atoms with van der Waals surface area (Å²) in [5.41, 5.74) is 1.13. The summed E-state index contributed by atoms with van der Waals surface area (Å²) in [6.45, 7) is 3.02. The summed E-state index contributed by atoms with van der Waals surface area (Å²) in [5.74, 6) is 0. The second-order valence-corrected chi connectivity index (χ2v) is 4.54. The standard InChI is InChI=1S/C14H15N5O/c15-4-5-18-6-8-19(9-7-18)14(20)17-13-3-1-2-12(10-13)11-16/h1-3,10H,5-9H2,(H,17,20). The van der Waals surface area contributed by atoms with E-state index in [2.05, 4.69) is 11.4 Å². The fraction of sp³-hybridized carbons (Fsp3) is 0.357. The van der Waals surface area contributed by atoms with E-state index >= 15 is 0 Å². The second-order valence-electron chi connectivity index (χ2n) is 4.54. The lowest BCUT2D eigenvalue weighted by molar-refractivity contribution is 0.156. The Hall–Kier alpha value is -2.57. The van der Waals surface area contributed by atoms with Gasteiger partial charge in [0.05, 0.1) is 24.2 Å². The average Bonchev–Trinajstić information content (AvgIpc) is 2.48. The summed E-state index contributed by atoms with van der Waals surface area (Å²) in [4.78, 5) is 15.8. The highest BCUT2D eigenvalue weighted by molar-refractivity contribution is 5.89. The van der Waals surface area contributed by atoms with Crippen LogP contribution in [0.3, 0.4) is 0 Å². The molecular weight excluding hydrogens is 254 g/mol. The van der Waals surface area contributed by atoms with Crippen LogP contribution in [0.5, 0.6) is 0 Å². The summed E-state index contributed by atoms with van der Waals surface area (Å²) in [6.07, 6.45) is 0. The first-order chi connectivity index (χ1) is 9.72. The maximum atomic E-state index is 12.1. The summed E-state index contributed by atoms with van der Waals surface area (Å²) < 4.78 is 0. The van der Waals surface area contributed by atoms with E-state index in [1.165, 1.54) is 0 Å². The molecule has 6 heteroatoms. The Morgan fingerprint density at radius 1 is 1.25 bits per heavy atom. The van der Waals surface area contributed by atoms with Gasteiger partial charge in [-0.2, -0.15) is 10.5 Å². The van der Waals surface area contributed by atoms with Crippen molar-refractivity contribution in [3.05, 3.63) is 29.8 Å². The molecule has 2 amide bonds. The number of piperazine rings is 1. The monoisotopic (exact) mass is 269 g/mol. The quantitative estimate of drug-likeness (QED) is 0.818. The minimum absolute atomic E-state index is 0.170. The molecule has 0 saturated carbocycles. The van der Waals surface area contributed by atoms with Gasteiger partial charge in [-0.1, -0.05) is 6.07 Å². The molecule has 0 atom stereocenters. The molecule has 6 nitrogen and oxygen atoms in total. The van der Waals surface area contributed by atoms with E-state index < -0.39 is 0 Å². The number of carbonyl (C=O) groups excluding carboxylic acids is 1. The van der Waals surface area contributed by atoms with E-state index in [1.807, 2.05) is 11.0 Å². The molecule has 1 N–H and O–H groups in total. The molecule has 2 rings (SSSR count). The van der Waals surface area contributed by atoms with Crippen LogP contribution in [0.1, 0.15) is 5.56 Å². The number of anilines is 1. The smallest absolute Gasteiger partial charge is 0.321 e. The third kappa shape index (κ3) is 3.47. The molecule has 102 valence electrons. The minimum Gasteiger partial charge on any atom is -0.322 e. The molecule has 0 spiro atoms. The molecule has 0 unspecified atom stereocenters. The first kappa shape index (κ1) is 13.9. The van der Waals surface area contributed by atoms with Crippen LogP contribution in [-0.4, -0.2) is 48.6 Å². The van der Waals surface area contributed by atoms with Gasteiger partial charge in [0.2, 0.25) is 0 Å². The zero-order chi connectivity index (χ0) is 14.4. The van der Waals surface area contributed by atoms with Gasteiger partial charge in [-0.05, 0) is 18.2 Å². The van der Waals surface area contributed by atoms with E-state index in [1.54, 1.807) is 29.2 Å². The van der Waals surface area contributed by atoms with Crippen molar-refractivity contribution >= 4 is 11.7 Å². The number of carbonyl (C=O) groups is 1. The van der Waals surface area contributed by atoms with Crippen LogP contribution >= 0.6 is 0 Å². The van der Waals surface area contributed by atoms with E-state index in [0.29, 0.717) is 44.0 Å². The van der Waals surface area contributed by atoms with E-state index in [0.717, 1.165) is 0 Å². The van der Waals surface area contributed by atoms with Crippen molar-refractivity contribution < 1.29 is 4.79 Å². The largest absolute Gasteiger partial charge is 0.322 e. The highest BCUT2D eigenvalue weighted by Gasteiger charge is 2.20. The number of urea groups is 1. The fourth-order valence-electron chi connectivity index (χ4n) is 2.08. The van der Waals surface area contributed by atoms with Crippen molar-refractivity contribution in [2.75, 3.05) is 38.0 Å². The summed E-state index contributed by atoms with van der Waals surface area (Å²) in [5, 5.41) is 20.2. The summed E-state index contributed by atoms with van der Waals surface area (Å²) in [7, 11) is 0. The van der Waals surface area contributed by atoms with Crippen molar-refractivity contribution in [1.29, 1.82) is 10.5 Å². The lowest BCUT2D eigenvalue weighted by atomic mass is 10.2. The van der Waals surface area contributed by atoms with Crippen LogP contribution in [0.25, 0.3) is 0 Å². The highest BCUT2D eigenvalue weighted by Crippen LogP contribution is 2.11. The van der Waals surface area contributed by atoms with Gasteiger partial charge < -0.3 is 10.2 Å². The first-order valence-electron chi connectivity index (χ1n) is 6.38. The molecule has 1 aromatic rings. The highest BCUT2D eigenvalue weighted by atomic mass is 16.2. The average molecular weight is 269 g/mol. The molecule has 1 saturated heterocycles. The zero-order valence-corrected chi connectivity index (χ0v) is 11.0. The predicted molar refractivity (Wildman–Crippen MR) is 73.8 cm³/mol. The third-order valence-electron chi connectivity index (χ3n) is 3.20. The van der Waals surface area contributed by atoms with Gasteiger partial charge in [-0.15, -0.1) is 0 Å². The maximum absolute atomic E-state index is 12.1. The molecule has 1 fully saturated rings. The van der Waals surface area contributed by atoms with Gasteiger partial charge in [0.25, 0.3) is 0 Å². The Balaban J connectivity index is 1.90. The molecule has 1 aliphatic rings. The van der Waals surface area contributed by atoms with Crippen LogP contribution < -0.4 is 5.32 Å². The number of nitrogens with one attached hydrogen (secondary N) is 1. The normalized spacial score (nSPS) is 15.2. The maximum Gasteiger partial charge on any atom is 0.321 e. The van der Waals surface area contributed by atoms with Crippen LogP contribution in [-0.2, 0) is 0 Å². The Morgan fingerprint density at radius 2 is 2.00 bits per heavy atom. The molecule has 0 radical (unpaired) electrons. The molecule has 1 heterocycles. The Kier molecular flexibility index (Phi) is 4.54. The molecule has 0 bridgehead atoms. The number of amides is 2. The predicted octanol–water partition coefficient (Wildman–Crippen LogP) is 1.23.